The van der Waals surface area contributed by atoms with Crippen molar-refractivity contribution in [1.82, 2.24) is 4.90 Å². The number of nitrogens with zero attached hydrogens (tertiary/aromatic N) is 2. The Morgan fingerprint density at radius 2 is 1.89 bits per heavy atom. The Morgan fingerprint density at radius 3 is 2.37 bits per heavy atom. The lowest BCUT2D eigenvalue weighted by molar-refractivity contribution is 0.249. The zero-order valence-corrected chi connectivity index (χ0v) is 12.5. The molecule has 0 aromatic heterocycles. The van der Waals surface area contributed by atoms with Crippen LogP contribution in [0.3, 0.4) is 0 Å². The minimum Gasteiger partial charge on any atom is -0.369 e. The Morgan fingerprint density at radius 1 is 1.26 bits per heavy atom. The van der Waals surface area contributed by atoms with Gasteiger partial charge in [-0.2, -0.15) is 0 Å². The molecule has 1 aliphatic rings. The van der Waals surface area contributed by atoms with Crippen molar-refractivity contribution in [3.63, 3.8) is 0 Å². The van der Waals surface area contributed by atoms with Gasteiger partial charge in [-0.15, -0.1) is 0 Å². The molecule has 0 atom stereocenters. The molecule has 3 heteroatoms. The molecule has 1 saturated heterocycles. The summed E-state index contributed by atoms with van der Waals surface area (Å²) in [5.74, 6) is -0.0554. The topological polar surface area (TPSA) is 6.48 Å². The van der Waals surface area contributed by atoms with Crippen LogP contribution in [0.25, 0.3) is 0 Å². The molecule has 19 heavy (non-hydrogen) atoms. The van der Waals surface area contributed by atoms with Crippen molar-refractivity contribution < 1.29 is 4.39 Å². The van der Waals surface area contributed by atoms with Gasteiger partial charge in [-0.05, 0) is 57.5 Å². The van der Waals surface area contributed by atoms with Crippen molar-refractivity contribution in [2.24, 2.45) is 0 Å². The van der Waals surface area contributed by atoms with Gasteiger partial charge in [0.15, 0.2) is 0 Å². The molecule has 0 N–H and O–H groups in total. The van der Waals surface area contributed by atoms with Crippen LogP contribution in [-0.4, -0.2) is 38.1 Å². The van der Waals surface area contributed by atoms with E-state index < -0.39 is 0 Å². The summed E-state index contributed by atoms with van der Waals surface area (Å²) >= 11 is 0. The van der Waals surface area contributed by atoms with Crippen LogP contribution in [-0.2, 0) is 6.42 Å². The SMILES string of the molecule is CCc1cc(C)c(N2CCC(N(C)C)CC2)c(F)c1. The second-order valence-corrected chi connectivity index (χ2v) is 5.78. The van der Waals surface area contributed by atoms with Gasteiger partial charge in [-0.25, -0.2) is 4.39 Å². The summed E-state index contributed by atoms with van der Waals surface area (Å²) in [5, 5.41) is 0. The van der Waals surface area contributed by atoms with Gasteiger partial charge in [0.1, 0.15) is 5.82 Å². The molecular formula is C16H25FN2. The number of halogens is 1. The highest BCUT2D eigenvalue weighted by Crippen LogP contribution is 2.29. The number of benzene rings is 1. The third kappa shape index (κ3) is 3.08. The quantitative estimate of drug-likeness (QED) is 0.827. The molecular weight excluding hydrogens is 239 g/mol. The largest absolute Gasteiger partial charge is 0.369 e. The minimum atomic E-state index is -0.0554. The molecule has 0 unspecified atom stereocenters. The van der Waals surface area contributed by atoms with E-state index >= 15 is 0 Å². The molecule has 1 aromatic carbocycles. The molecule has 1 fully saturated rings. The highest BCUT2D eigenvalue weighted by molar-refractivity contribution is 5.56. The van der Waals surface area contributed by atoms with E-state index in [-0.39, 0.29) is 5.82 Å². The molecule has 0 saturated carbocycles. The van der Waals surface area contributed by atoms with Gasteiger partial charge >= 0.3 is 0 Å². The van der Waals surface area contributed by atoms with Gasteiger partial charge in [0, 0.05) is 19.1 Å². The van der Waals surface area contributed by atoms with Gasteiger partial charge in [-0.3, -0.25) is 0 Å². The molecule has 1 heterocycles. The Bertz CT molecular complexity index is 411. The Balaban J connectivity index is 2.15. The number of hydrogen-bond acceptors (Lipinski definition) is 2. The lowest BCUT2D eigenvalue weighted by Crippen LogP contribution is -2.42. The zero-order valence-electron chi connectivity index (χ0n) is 12.5. The maximum Gasteiger partial charge on any atom is 0.147 e. The number of rotatable bonds is 3. The molecule has 0 radical (unpaired) electrons. The fourth-order valence-corrected chi connectivity index (χ4v) is 3.02. The standard InChI is InChI=1S/C16H25FN2/c1-5-13-10-12(2)16(15(17)11-13)19-8-6-14(7-9-19)18(3)4/h10-11,14H,5-9H2,1-4H3. The van der Waals surface area contributed by atoms with Crippen molar-refractivity contribution in [2.75, 3.05) is 32.1 Å². The predicted molar refractivity (Wildman–Crippen MR) is 79.4 cm³/mol. The van der Waals surface area contributed by atoms with Gasteiger partial charge in [0.25, 0.3) is 0 Å². The van der Waals surface area contributed by atoms with Crippen LogP contribution in [0.4, 0.5) is 10.1 Å². The molecule has 2 rings (SSSR count). The van der Waals surface area contributed by atoms with E-state index in [1.165, 1.54) is 0 Å². The fourth-order valence-electron chi connectivity index (χ4n) is 3.02. The third-order valence-electron chi connectivity index (χ3n) is 4.23. The van der Waals surface area contributed by atoms with E-state index in [1.807, 2.05) is 6.92 Å². The van der Waals surface area contributed by atoms with Crippen LogP contribution in [0.2, 0.25) is 0 Å². The average Bonchev–Trinajstić information content (AvgIpc) is 2.38. The van der Waals surface area contributed by atoms with Crippen molar-refractivity contribution in [1.29, 1.82) is 0 Å². The third-order valence-corrected chi connectivity index (χ3v) is 4.23. The van der Waals surface area contributed by atoms with E-state index in [4.69, 9.17) is 0 Å². The molecule has 106 valence electrons. The second kappa shape index (κ2) is 5.91. The van der Waals surface area contributed by atoms with Crippen molar-refractivity contribution >= 4 is 5.69 Å². The summed E-state index contributed by atoms with van der Waals surface area (Å²) < 4.78 is 14.3. The van der Waals surface area contributed by atoms with Crippen molar-refractivity contribution in [3.05, 3.63) is 29.1 Å². The molecule has 2 nitrogen and oxygen atoms in total. The van der Waals surface area contributed by atoms with E-state index in [1.54, 1.807) is 6.07 Å². The summed E-state index contributed by atoms with van der Waals surface area (Å²) in [6.45, 7) is 5.99. The highest BCUT2D eigenvalue weighted by atomic mass is 19.1. The monoisotopic (exact) mass is 264 g/mol. The van der Waals surface area contributed by atoms with Gasteiger partial charge in [-0.1, -0.05) is 13.0 Å². The summed E-state index contributed by atoms with van der Waals surface area (Å²) in [6, 6.07) is 4.45. The van der Waals surface area contributed by atoms with Gasteiger partial charge in [0.2, 0.25) is 0 Å². The first-order valence-corrected chi connectivity index (χ1v) is 7.23. The predicted octanol–water partition coefficient (Wildman–Crippen LogP) is 3.23. The van der Waals surface area contributed by atoms with Crippen molar-refractivity contribution in [2.45, 2.75) is 39.2 Å². The summed E-state index contributed by atoms with van der Waals surface area (Å²) in [6.07, 6.45) is 3.11. The van der Waals surface area contributed by atoms with E-state index in [9.17, 15) is 4.39 Å². The number of aryl methyl sites for hydroxylation is 2. The maximum absolute atomic E-state index is 14.3. The molecule has 1 aromatic rings. The zero-order chi connectivity index (χ0) is 14.0. The molecule has 0 aliphatic carbocycles. The van der Waals surface area contributed by atoms with E-state index in [0.717, 1.165) is 49.2 Å². The van der Waals surface area contributed by atoms with Gasteiger partial charge in [0.05, 0.1) is 5.69 Å². The fraction of sp³-hybridized carbons (Fsp3) is 0.625. The molecule has 0 amide bonds. The first-order chi connectivity index (χ1) is 9.02. The van der Waals surface area contributed by atoms with Crippen LogP contribution in [0.1, 0.15) is 30.9 Å². The number of piperidine rings is 1. The van der Waals surface area contributed by atoms with Crippen LogP contribution < -0.4 is 4.90 Å². The van der Waals surface area contributed by atoms with Crippen LogP contribution in [0.5, 0.6) is 0 Å². The summed E-state index contributed by atoms with van der Waals surface area (Å²) in [4.78, 5) is 4.49. The Hall–Kier alpha value is -1.09. The highest BCUT2D eigenvalue weighted by Gasteiger charge is 2.23. The van der Waals surface area contributed by atoms with Crippen LogP contribution >= 0.6 is 0 Å². The van der Waals surface area contributed by atoms with E-state index in [0.29, 0.717) is 6.04 Å². The smallest absolute Gasteiger partial charge is 0.147 e. The molecule has 1 aliphatic heterocycles. The normalized spacial score (nSPS) is 17.3. The second-order valence-electron chi connectivity index (χ2n) is 5.78. The summed E-state index contributed by atoms with van der Waals surface area (Å²) in [7, 11) is 4.25. The first kappa shape index (κ1) is 14.3. The average molecular weight is 264 g/mol. The van der Waals surface area contributed by atoms with Crippen LogP contribution in [0.15, 0.2) is 12.1 Å². The van der Waals surface area contributed by atoms with Gasteiger partial charge < -0.3 is 9.80 Å². The van der Waals surface area contributed by atoms with E-state index in [2.05, 4.69) is 36.9 Å². The minimum absolute atomic E-state index is 0.0554. The van der Waals surface area contributed by atoms with Crippen molar-refractivity contribution in [3.8, 4) is 0 Å². The lowest BCUT2D eigenvalue weighted by atomic mass is 10.0. The molecule has 0 bridgehead atoms. The van der Waals surface area contributed by atoms with Crippen LogP contribution in [0, 0.1) is 12.7 Å². The molecule has 0 spiro atoms. The maximum atomic E-state index is 14.3. The Labute approximate surface area is 116 Å². The number of hydrogen-bond donors (Lipinski definition) is 0. The first-order valence-electron chi connectivity index (χ1n) is 7.23. The Kier molecular flexibility index (Phi) is 4.46. The lowest BCUT2D eigenvalue weighted by Gasteiger charge is -2.37. The summed E-state index contributed by atoms with van der Waals surface area (Å²) in [5.41, 5.74) is 2.97. The number of anilines is 1.